The zero-order chi connectivity index (χ0) is 20.8. The number of benzene rings is 2. The largest absolute Gasteiger partial charge is 0.478 e. The van der Waals surface area contributed by atoms with Crippen LogP contribution in [0.4, 0.5) is 8.78 Å². The molecule has 1 N–H and O–H groups in total. The standard InChI is InChI=1S/C25H28F2O2/c1-2-3-17-4-8-19(9-5-17)20-10-6-18(7-11-20)16-23(26)24(27)21-12-14-22(15-13-21)25(28)29/h6-7,10-15,17,19H,2-5,8-9,16H2,1H3,(H,28,29)/b24-23-. The first-order chi connectivity index (χ1) is 14.0. The van der Waals surface area contributed by atoms with Crippen LogP contribution in [0, 0.1) is 5.92 Å². The molecule has 0 unspecified atom stereocenters. The highest BCUT2D eigenvalue weighted by atomic mass is 19.2. The Hall–Kier alpha value is -2.49. The van der Waals surface area contributed by atoms with Crippen LogP contribution in [0.25, 0.3) is 5.83 Å². The highest BCUT2D eigenvalue weighted by molar-refractivity contribution is 5.88. The summed E-state index contributed by atoms with van der Waals surface area (Å²) in [7, 11) is 0. The van der Waals surface area contributed by atoms with Crippen LogP contribution in [0.1, 0.15) is 78.4 Å². The molecule has 0 atom stereocenters. The SMILES string of the molecule is CCCC1CCC(c2ccc(C/C(F)=C(/F)c3ccc(C(=O)O)cc3)cc2)CC1. The van der Waals surface area contributed by atoms with Gasteiger partial charge < -0.3 is 5.11 Å². The van der Waals surface area contributed by atoms with Gasteiger partial charge in [0.2, 0.25) is 0 Å². The summed E-state index contributed by atoms with van der Waals surface area (Å²) < 4.78 is 28.8. The van der Waals surface area contributed by atoms with Gasteiger partial charge in [-0.25, -0.2) is 13.6 Å². The first-order valence-corrected chi connectivity index (χ1v) is 10.4. The molecule has 2 aromatic carbocycles. The zero-order valence-corrected chi connectivity index (χ0v) is 16.8. The maximum absolute atomic E-state index is 14.4. The molecule has 0 radical (unpaired) electrons. The molecule has 1 saturated carbocycles. The lowest BCUT2D eigenvalue weighted by Gasteiger charge is -2.28. The molecule has 3 rings (SSSR count). The molecule has 2 aromatic rings. The normalized spacial score (nSPS) is 20.2. The van der Waals surface area contributed by atoms with E-state index < -0.39 is 17.6 Å². The Labute approximate surface area is 171 Å². The van der Waals surface area contributed by atoms with Crippen molar-refractivity contribution in [1.82, 2.24) is 0 Å². The van der Waals surface area contributed by atoms with Crippen LogP contribution < -0.4 is 0 Å². The van der Waals surface area contributed by atoms with E-state index in [4.69, 9.17) is 5.11 Å². The topological polar surface area (TPSA) is 37.3 Å². The predicted octanol–water partition coefficient (Wildman–Crippen LogP) is 7.31. The summed E-state index contributed by atoms with van der Waals surface area (Å²) in [5, 5.41) is 8.89. The van der Waals surface area contributed by atoms with E-state index in [0.29, 0.717) is 5.92 Å². The van der Waals surface area contributed by atoms with Crippen LogP contribution in [0.3, 0.4) is 0 Å². The predicted molar refractivity (Wildman–Crippen MR) is 112 cm³/mol. The summed E-state index contributed by atoms with van der Waals surface area (Å²) in [6.45, 7) is 2.24. The van der Waals surface area contributed by atoms with E-state index in [0.717, 1.165) is 11.5 Å². The van der Waals surface area contributed by atoms with Crippen LogP contribution in [-0.2, 0) is 6.42 Å². The highest BCUT2D eigenvalue weighted by Gasteiger charge is 2.21. The Morgan fingerprint density at radius 1 is 0.931 bits per heavy atom. The Bertz CT molecular complexity index is 845. The van der Waals surface area contributed by atoms with Gasteiger partial charge in [0, 0.05) is 12.0 Å². The van der Waals surface area contributed by atoms with E-state index in [1.807, 2.05) is 24.3 Å². The third-order valence-corrected chi connectivity index (χ3v) is 5.98. The fraction of sp³-hybridized carbons (Fsp3) is 0.400. The van der Waals surface area contributed by atoms with E-state index >= 15 is 0 Å². The first kappa shape index (κ1) is 21.2. The molecule has 0 aliphatic heterocycles. The lowest BCUT2D eigenvalue weighted by molar-refractivity contribution is 0.0697. The number of halogens is 2. The summed E-state index contributed by atoms with van der Waals surface area (Å²) in [5.41, 5.74) is 2.11. The van der Waals surface area contributed by atoms with Gasteiger partial charge in [0.1, 0.15) is 5.83 Å². The van der Waals surface area contributed by atoms with E-state index in [2.05, 4.69) is 6.92 Å². The molecule has 0 saturated heterocycles. The van der Waals surface area contributed by atoms with Crippen molar-refractivity contribution in [2.75, 3.05) is 0 Å². The molecule has 0 aromatic heterocycles. The lowest BCUT2D eigenvalue weighted by atomic mass is 9.77. The first-order valence-electron chi connectivity index (χ1n) is 10.4. The van der Waals surface area contributed by atoms with Gasteiger partial charge in [-0.3, -0.25) is 0 Å². The van der Waals surface area contributed by atoms with Crippen molar-refractivity contribution in [3.8, 4) is 0 Å². The molecule has 154 valence electrons. The summed E-state index contributed by atoms with van der Waals surface area (Å²) in [6, 6.07) is 13.0. The summed E-state index contributed by atoms with van der Waals surface area (Å²) >= 11 is 0. The van der Waals surface area contributed by atoms with Crippen molar-refractivity contribution < 1.29 is 18.7 Å². The van der Waals surface area contributed by atoms with Gasteiger partial charge in [-0.2, -0.15) is 0 Å². The molecule has 4 heteroatoms. The van der Waals surface area contributed by atoms with Crippen molar-refractivity contribution in [2.24, 2.45) is 5.92 Å². The van der Waals surface area contributed by atoms with Gasteiger partial charge in [-0.15, -0.1) is 0 Å². The number of carbonyl (C=O) groups is 1. The molecular formula is C25H28F2O2. The van der Waals surface area contributed by atoms with Crippen molar-refractivity contribution in [1.29, 1.82) is 0 Å². The monoisotopic (exact) mass is 398 g/mol. The van der Waals surface area contributed by atoms with E-state index in [1.54, 1.807) is 0 Å². The molecular weight excluding hydrogens is 370 g/mol. The number of carboxylic acids is 1. The van der Waals surface area contributed by atoms with Crippen LogP contribution in [0.2, 0.25) is 0 Å². The fourth-order valence-electron chi connectivity index (χ4n) is 4.27. The van der Waals surface area contributed by atoms with E-state index in [9.17, 15) is 13.6 Å². The molecule has 1 aliphatic rings. The average molecular weight is 398 g/mol. The van der Waals surface area contributed by atoms with E-state index in [1.165, 1.54) is 68.4 Å². The number of hydrogen-bond donors (Lipinski definition) is 1. The number of allylic oxidation sites excluding steroid dienone is 1. The van der Waals surface area contributed by atoms with Crippen molar-refractivity contribution in [3.63, 3.8) is 0 Å². The molecule has 29 heavy (non-hydrogen) atoms. The third-order valence-electron chi connectivity index (χ3n) is 5.98. The molecule has 1 fully saturated rings. The molecule has 0 heterocycles. The molecule has 0 bridgehead atoms. The third kappa shape index (κ3) is 5.53. The second-order valence-corrected chi connectivity index (χ2v) is 8.03. The molecule has 0 amide bonds. The minimum Gasteiger partial charge on any atom is -0.478 e. The fourth-order valence-corrected chi connectivity index (χ4v) is 4.27. The second-order valence-electron chi connectivity index (χ2n) is 8.03. The van der Waals surface area contributed by atoms with Gasteiger partial charge in [0.05, 0.1) is 5.56 Å². The van der Waals surface area contributed by atoms with Crippen molar-refractivity contribution >= 4 is 11.8 Å². The highest BCUT2D eigenvalue weighted by Crippen LogP contribution is 2.37. The smallest absolute Gasteiger partial charge is 0.335 e. The summed E-state index contributed by atoms with van der Waals surface area (Å²) in [6.07, 6.45) is 7.44. The molecule has 0 spiro atoms. The number of rotatable bonds is 7. The van der Waals surface area contributed by atoms with Crippen LogP contribution in [-0.4, -0.2) is 11.1 Å². The maximum Gasteiger partial charge on any atom is 0.335 e. The van der Waals surface area contributed by atoms with Crippen LogP contribution in [0.15, 0.2) is 54.4 Å². The molecule has 1 aliphatic carbocycles. The Morgan fingerprint density at radius 2 is 1.52 bits per heavy atom. The number of aromatic carboxylic acids is 1. The van der Waals surface area contributed by atoms with Crippen LogP contribution >= 0.6 is 0 Å². The van der Waals surface area contributed by atoms with Gasteiger partial charge in [-0.05, 0) is 60.8 Å². The second kappa shape index (κ2) is 9.82. The summed E-state index contributed by atoms with van der Waals surface area (Å²) in [5.74, 6) is -1.45. The Balaban J connectivity index is 1.62. The quantitative estimate of drug-likeness (QED) is 0.531. The lowest BCUT2D eigenvalue weighted by Crippen LogP contribution is -2.13. The Morgan fingerprint density at radius 3 is 2.07 bits per heavy atom. The zero-order valence-electron chi connectivity index (χ0n) is 16.8. The molecule has 2 nitrogen and oxygen atoms in total. The van der Waals surface area contributed by atoms with Gasteiger partial charge in [-0.1, -0.05) is 56.2 Å². The van der Waals surface area contributed by atoms with Gasteiger partial charge in [0.25, 0.3) is 0 Å². The van der Waals surface area contributed by atoms with Gasteiger partial charge in [0.15, 0.2) is 5.83 Å². The maximum atomic E-state index is 14.4. The number of hydrogen-bond acceptors (Lipinski definition) is 1. The minimum atomic E-state index is -1.10. The van der Waals surface area contributed by atoms with Crippen molar-refractivity contribution in [3.05, 3.63) is 76.6 Å². The minimum absolute atomic E-state index is 0.0428. The average Bonchev–Trinajstić information content (AvgIpc) is 2.74. The Kier molecular flexibility index (Phi) is 7.18. The van der Waals surface area contributed by atoms with E-state index in [-0.39, 0.29) is 17.5 Å². The number of carboxylic acid groups (broad SMARTS) is 1. The summed E-state index contributed by atoms with van der Waals surface area (Å²) in [4.78, 5) is 10.9. The van der Waals surface area contributed by atoms with Crippen LogP contribution in [0.5, 0.6) is 0 Å². The van der Waals surface area contributed by atoms with Crippen molar-refractivity contribution in [2.45, 2.75) is 57.8 Å². The van der Waals surface area contributed by atoms with Gasteiger partial charge >= 0.3 is 5.97 Å².